The Kier molecular flexibility index (Phi) is 8.82. The maximum atomic E-state index is 10.1. The lowest BCUT2D eigenvalue weighted by molar-refractivity contribution is 0.296. The number of anilines is 1. The summed E-state index contributed by atoms with van der Waals surface area (Å²) >= 11 is 0. The summed E-state index contributed by atoms with van der Waals surface area (Å²) < 4.78 is 2.22. The number of hydrogen-bond donors (Lipinski definition) is 1. The van der Waals surface area contributed by atoms with E-state index in [1.165, 1.54) is 76.4 Å². The standard InChI is InChI=1S/C29H41N5/c1-3-4-5-6-7-10-15-24-23(2)25(22-30)29-32-26-16-11-12-17-27(26)34(29)28(24)31-18-21-33-19-13-8-9-14-20-33/h11-12,16-17,31H,3-10,13-15,18-21H2,1-2H3. The van der Waals surface area contributed by atoms with Crippen molar-refractivity contribution >= 4 is 22.5 Å². The quantitative estimate of drug-likeness (QED) is 0.318. The van der Waals surface area contributed by atoms with Crippen LogP contribution in [-0.2, 0) is 6.42 Å². The number of fused-ring (bicyclic) bond motifs is 3. The zero-order valence-corrected chi connectivity index (χ0v) is 21.2. The summed E-state index contributed by atoms with van der Waals surface area (Å²) in [7, 11) is 0. The second-order valence-electron chi connectivity index (χ2n) is 9.90. The highest BCUT2D eigenvalue weighted by molar-refractivity contribution is 5.86. The second-order valence-corrected chi connectivity index (χ2v) is 9.90. The molecule has 0 amide bonds. The highest BCUT2D eigenvalue weighted by atomic mass is 15.2. The maximum absolute atomic E-state index is 10.1. The van der Waals surface area contributed by atoms with E-state index in [-0.39, 0.29) is 0 Å². The number of nitriles is 1. The van der Waals surface area contributed by atoms with Gasteiger partial charge in [0, 0.05) is 13.1 Å². The highest BCUT2D eigenvalue weighted by Gasteiger charge is 2.20. The molecular weight excluding hydrogens is 418 g/mol. The van der Waals surface area contributed by atoms with Crippen molar-refractivity contribution in [2.24, 2.45) is 0 Å². The Balaban J connectivity index is 1.65. The van der Waals surface area contributed by atoms with E-state index in [1.54, 1.807) is 0 Å². The number of aromatic nitrogens is 2. The molecule has 0 unspecified atom stereocenters. The lowest BCUT2D eigenvalue weighted by atomic mass is 9.98. The molecule has 1 aliphatic rings. The number of imidazole rings is 1. The maximum Gasteiger partial charge on any atom is 0.157 e. The molecule has 34 heavy (non-hydrogen) atoms. The molecular formula is C29H41N5. The fourth-order valence-corrected chi connectivity index (χ4v) is 5.45. The van der Waals surface area contributed by atoms with E-state index >= 15 is 0 Å². The van der Waals surface area contributed by atoms with Gasteiger partial charge in [0.2, 0.25) is 0 Å². The smallest absolute Gasteiger partial charge is 0.157 e. The number of rotatable bonds is 11. The van der Waals surface area contributed by atoms with E-state index in [0.29, 0.717) is 0 Å². The summed E-state index contributed by atoms with van der Waals surface area (Å²) in [5, 5.41) is 13.9. The van der Waals surface area contributed by atoms with Gasteiger partial charge in [-0.1, -0.05) is 64.0 Å². The van der Waals surface area contributed by atoms with Crippen LogP contribution in [0.25, 0.3) is 16.7 Å². The second kappa shape index (κ2) is 12.2. The van der Waals surface area contributed by atoms with Gasteiger partial charge in [-0.25, -0.2) is 4.98 Å². The molecule has 0 spiro atoms. The lowest BCUT2D eigenvalue weighted by Gasteiger charge is -2.23. The first kappa shape index (κ1) is 24.5. The highest BCUT2D eigenvalue weighted by Crippen LogP contribution is 2.32. The van der Waals surface area contributed by atoms with Gasteiger partial charge in [0.1, 0.15) is 11.9 Å². The van der Waals surface area contributed by atoms with Crippen molar-refractivity contribution in [2.45, 2.75) is 84.5 Å². The zero-order valence-electron chi connectivity index (χ0n) is 21.2. The van der Waals surface area contributed by atoms with Gasteiger partial charge < -0.3 is 10.2 Å². The lowest BCUT2D eigenvalue weighted by Crippen LogP contribution is -2.30. The number of hydrogen-bond acceptors (Lipinski definition) is 4. The first-order chi connectivity index (χ1) is 16.7. The minimum absolute atomic E-state index is 0.718. The zero-order chi connectivity index (χ0) is 23.8. The summed E-state index contributed by atoms with van der Waals surface area (Å²) in [5.74, 6) is 1.14. The van der Waals surface area contributed by atoms with Crippen LogP contribution in [0.2, 0.25) is 0 Å². The number of likely N-dealkylation sites (tertiary alicyclic amines) is 1. The molecule has 1 fully saturated rings. The van der Waals surface area contributed by atoms with E-state index in [2.05, 4.69) is 46.7 Å². The molecule has 0 bridgehead atoms. The van der Waals surface area contributed by atoms with Crippen molar-refractivity contribution in [3.05, 3.63) is 41.0 Å². The molecule has 4 rings (SSSR count). The van der Waals surface area contributed by atoms with Gasteiger partial charge in [-0.2, -0.15) is 5.26 Å². The number of para-hydroxylation sites is 2. The number of pyridine rings is 1. The third-order valence-corrected chi connectivity index (χ3v) is 7.43. The van der Waals surface area contributed by atoms with Crippen LogP contribution in [0.3, 0.4) is 0 Å². The van der Waals surface area contributed by atoms with E-state index in [1.807, 2.05) is 12.1 Å². The average molecular weight is 460 g/mol. The molecule has 5 heteroatoms. The largest absolute Gasteiger partial charge is 0.370 e. The molecule has 0 atom stereocenters. The predicted octanol–water partition coefficient (Wildman–Crippen LogP) is 6.86. The third-order valence-electron chi connectivity index (χ3n) is 7.43. The molecule has 3 aromatic rings. The van der Waals surface area contributed by atoms with Gasteiger partial charge in [-0.3, -0.25) is 4.40 Å². The molecule has 3 heterocycles. The molecule has 1 N–H and O–H groups in total. The fraction of sp³-hybridized carbons (Fsp3) is 0.586. The minimum atomic E-state index is 0.718. The Morgan fingerprint density at radius 2 is 1.74 bits per heavy atom. The van der Waals surface area contributed by atoms with Crippen LogP contribution in [0, 0.1) is 18.3 Å². The van der Waals surface area contributed by atoms with Gasteiger partial charge in [0.05, 0.1) is 16.6 Å². The first-order valence-electron chi connectivity index (χ1n) is 13.5. The van der Waals surface area contributed by atoms with Crippen molar-refractivity contribution in [1.82, 2.24) is 14.3 Å². The number of nitrogens with one attached hydrogen (secondary N) is 1. The predicted molar refractivity (Wildman–Crippen MR) is 143 cm³/mol. The number of benzene rings is 1. The molecule has 0 aliphatic carbocycles. The van der Waals surface area contributed by atoms with Crippen molar-refractivity contribution in [3.63, 3.8) is 0 Å². The third kappa shape index (κ3) is 5.55. The monoisotopic (exact) mass is 459 g/mol. The summed E-state index contributed by atoms with van der Waals surface area (Å²) in [5.41, 5.74) is 5.91. The Labute approximate surface area is 205 Å². The summed E-state index contributed by atoms with van der Waals surface area (Å²) in [6, 6.07) is 10.7. The Morgan fingerprint density at radius 1 is 1.00 bits per heavy atom. The van der Waals surface area contributed by atoms with Gasteiger partial charge >= 0.3 is 0 Å². The first-order valence-corrected chi connectivity index (χ1v) is 13.5. The Bertz CT molecular complexity index is 1120. The Hall–Kier alpha value is -2.58. The molecule has 1 aromatic carbocycles. The summed E-state index contributed by atoms with van der Waals surface area (Å²) in [6.45, 7) is 8.77. The van der Waals surface area contributed by atoms with Crippen molar-refractivity contribution in [1.29, 1.82) is 5.26 Å². The molecule has 1 aliphatic heterocycles. The summed E-state index contributed by atoms with van der Waals surface area (Å²) in [6.07, 6.45) is 14.0. The van der Waals surface area contributed by atoms with Crippen molar-refractivity contribution < 1.29 is 0 Å². The van der Waals surface area contributed by atoms with Crippen molar-refractivity contribution in [2.75, 3.05) is 31.5 Å². The van der Waals surface area contributed by atoms with Crippen LogP contribution in [0.1, 0.15) is 87.8 Å². The van der Waals surface area contributed by atoms with Gasteiger partial charge in [0.15, 0.2) is 5.65 Å². The van der Waals surface area contributed by atoms with E-state index in [9.17, 15) is 5.26 Å². The number of nitrogens with zero attached hydrogens (tertiary/aromatic N) is 4. The number of unbranched alkanes of at least 4 members (excludes halogenated alkanes) is 5. The van der Waals surface area contributed by atoms with E-state index < -0.39 is 0 Å². The van der Waals surface area contributed by atoms with Crippen LogP contribution < -0.4 is 5.32 Å². The fourth-order valence-electron chi connectivity index (χ4n) is 5.45. The van der Waals surface area contributed by atoms with Crippen LogP contribution in [0.15, 0.2) is 24.3 Å². The topological polar surface area (TPSA) is 56.4 Å². The van der Waals surface area contributed by atoms with Crippen LogP contribution in [0.5, 0.6) is 0 Å². The molecule has 2 aromatic heterocycles. The molecule has 5 nitrogen and oxygen atoms in total. The molecule has 0 radical (unpaired) electrons. The van der Waals surface area contributed by atoms with Gasteiger partial charge in [0.25, 0.3) is 0 Å². The van der Waals surface area contributed by atoms with Crippen LogP contribution >= 0.6 is 0 Å². The molecule has 1 saturated heterocycles. The van der Waals surface area contributed by atoms with Crippen molar-refractivity contribution in [3.8, 4) is 6.07 Å². The van der Waals surface area contributed by atoms with Gasteiger partial charge in [-0.15, -0.1) is 0 Å². The van der Waals surface area contributed by atoms with E-state index in [4.69, 9.17) is 4.98 Å². The summed E-state index contributed by atoms with van der Waals surface area (Å²) in [4.78, 5) is 7.48. The van der Waals surface area contributed by atoms with Crippen LogP contribution in [0.4, 0.5) is 5.82 Å². The van der Waals surface area contributed by atoms with Crippen LogP contribution in [-0.4, -0.2) is 40.5 Å². The van der Waals surface area contributed by atoms with E-state index in [0.717, 1.165) is 59.6 Å². The Morgan fingerprint density at radius 3 is 2.50 bits per heavy atom. The SMILES string of the molecule is CCCCCCCCc1c(C)c(C#N)c2nc3ccccc3n2c1NCCN1CCCCCC1. The minimum Gasteiger partial charge on any atom is -0.370 e. The van der Waals surface area contributed by atoms with Gasteiger partial charge in [-0.05, 0) is 69.0 Å². The molecule has 0 saturated carbocycles. The average Bonchev–Trinajstić information content (AvgIpc) is 3.03. The normalized spacial score (nSPS) is 15.0. The molecule has 182 valence electrons.